The zero-order valence-electron chi connectivity index (χ0n) is 16.4. The Morgan fingerprint density at radius 3 is 2.60 bits per heavy atom. The van der Waals surface area contributed by atoms with E-state index in [9.17, 15) is 0 Å². The molecule has 1 unspecified atom stereocenters. The number of pyridine rings is 1. The van der Waals surface area contributed by atoms with Crippen molar-refractivity contribution in [2.24, 2.45) is 5.41 Å². The normalized spacial score (nSPS) is 25.0. The maximum atomic E-state index is 6.01. The summed E-state index contributed by atoms with van der Waals surface area (Å²) in [5.41, 5.74) is 3.09. The molecule has 4 rings (SSSR count). The molecule has 0 radical (unpaired) electrons. The molecule has 0 aromatic carbocycles. The van der Waals surface area contributed by atoms with Crippen molar-refractivity contribution in [3.8, 4) is 0 Å². The number of fused-ring (bicyclic) bond motifs is 3. The van der Waals surface area contributed by atoms with E-state index in [1.807, 2.05) is 6.92 Å². The fourth-order valence-corrected chi connectivity index (χ4v) is 5.02. The molecule has 2 aromatic rings. The molecule has 0 amide bonds. The maximum Gasteiger partial charge on any atom is 0.371 e. The molecule has 0 bridgehead atoms. The highest BCUT2D eigenvalue weighted by molar-refractivity contribution is 6.69. The summed E-state index contributed by atoms with van der Waals surface area (Å²) in [7, 11) is 2.14. The lowest BCUT2D eigenvalue weighted by Gasteiger charge is -2.42. The minimum atomic E-state index is 0.151. The molecule has 4 heterocycles. The summed E-state index contributed by atoms with van der Waals surface area (Å²) in [5.74, 6) is 2.36. The summed E-state index contributed by atoms with van der Waals surface area (Å²) in [6, 6.07) is 4.69. The second-order valence-electron chi connectivity index (χ2n) is 9.12. The summed E-state index contributed by atoms with van der Waals surface area (Å²) in [6.07, 6.45) is 3.32. The zero-order chi connectivity index (χ0) is 18.1. The molecular formula is C20H28BN3O. The molecule has 0 spiro atoms. The molecule has 1 fully saturated rings. The lowest BCUT2D eigenvalue weighted by Crippen LogP contribution is -2.59. The Kier molecular flexibility index (Phi) is 3.43. The van der Waals surface area contributed by atoms with Crippen LogP contribution in [0.25, 0.3) is 23.3 Å². The smallest absolute Gasteiger partial charge is 0.371 e. The fraction of sp³-hybridized carbons (Fsp3) is 0.550. The fourth-order valence-electron chi connectivity index (χ4n) is 5.02. The number of furan rings is 1. The van der Waals surface area contributed by atoms with E-state index in [0.29, 0.717) is 11.5 Å². The third kappa shape index (κ3) is 2.43. The molecule has 5 heteroatoms. The van der Waals surface area contributed by atoms with E-state index in [1.165, 1.54) is 11.6 Å². The maximum absolute atomic E-state index is 6.01. The Morgan fingerprint density at radius 2 is 1.96 bits per heavy atom. The van der Waals surface area contributed by atoms with Crippen LogP contribution in [0.15, 0.2) is 16.5 Å². The first-order valence-electron chi connectivity index (χ1n) is 9.20. The third-order valence-electron chi connectivity index (χ3n) is 6.24. The first kappa shape index (κ1) is 16.7. The minimum Gasteiger partial charge on any atom is -0.436 e. The Balaban J connectivity index is 1.88. The number of hydrogen-bond donors (Lipinski definition) is 0. The van der Waals surface area contributed by atoms with Crippen molar-refractivity contribution in [1.29, 1.82) is 0 Å². The number of aromatic nitrogens is 1. The summed E-state index contributed by atoms with van der Waals surface area (Å²) in [4.78, 5) is 9.49. The molecule has 0 N–H and O–H groups in total. The van der Waals surface area contributed by atoms with E-state index in [4.69, 9.17) is 4.42 Å². The van der Waals surface area contributed by atoms with Gasteiger partial charge in [0.1, 0.15) is 0 Å². The summed E-state index contributed by atoms with van der Waals surface area (Å²) in [6.45, 7) is 14.1. The van der Waals surface area contributed by atoms with Crippen LogP contribution >= 0.6 is 0 Å². The van der Waals surface area contributed by atoms with Gasteiger partial charge in [0.05, 0.1) is 0 Å². The second kappa shape index (κ2) is 5.13. The average Bonchev–Trinajstić information content (AvgIpc) is 2.89. The molecule has 1 atom stereocenters. The quantitative estimate of drug-likeness (QED) is 0.749. The van der Waals surface area contributed by atoms with Crippen molar-refractivity contribution in [2.75, 3.05) is 7.05 Å². The van der Waals surface area contributed by atoms with Gasteiger partial charge in [-0.25, -0.2) is 4.98 Å². The van der Waals surface area contributed by atoms with Gasteiger partial charge in [-0.3, -0.25) is 0 Å². The second-order valence-corrected chi connectivity index (χ2v) is 9.12. The van der Waals surface area contributed by atoms with Gasteiger partial charge in [-0.15, -0.1) is 0 Å². The van der Waals surface area contributed by atoms with Crippen LogP contribution in [-0.4, -0.2) is 40.2 Å². The molecule has 0 aliphatic carbocycles. The summed E-state index contributed by atoms with van der Waals surface area (Å²) >= 11 is 0. The van der Waals surface area contributed by atoms with Gasteiger partial charge in [0.2, 0.25) is 5.71 Å². The monoisotopic (exact) mass is 337 g/mol. The van der Waals surface area contributed by atoms with Crippen LogP contribution in [-0.2, 0) is 0 Å². The molecule has 132 valence electrons. The minimum absolute atomic E-state index is 0.151. The Labute approximate surface area is 150 Å². The lowest BCUT2D eigenvalue weighted by molar-refractivity contribution is 0.226. The molecule has 2 aromatic heterocycles. The van der Waals surface area contributed by atoms with Crippen molar-refractivity contribution in [2.45, 2.75) is 59.5 Å². The van der Waals surface area contributed by atoms with Gasteiger partial charge in [0.15, 0.2) is 5.42 Å². The van der Waals surface area contributed by atoms with E-state index in [0.717, 1.165) is 22.2 Å². The summed E-state index contributed by atoms with van der Waals surface area (Å²) in [5, 5.41) is 2.29. The van der Waals surface area contributed by atoms with E-state index in [1.54, 1.807) is 0 Å². The van der Waals surface area contributed by atoms with Gasteiger partial charge in [-0.05, 0) is 58.7 Å². The molecule has 4 nitrogen and oxygen atoms in total. The predicted octanol–water partition coefficient (Wildman–Crippen LogP) is 2.53. The number of rotatable bonds is 1. The molecular weight excluding hydrogens is 309 g/mol. The van der Waals surface area contributed by atoms with Gasteiger partial charge in [-0.2, -0.15) is 0 Å². The largest absolute Gasteiger partial charge is 0.436 e. The molecule has 0 saturated carbocycles. The Hall–Kier alpha value is -1.75. The standard InChI is InChI=1S/C20H28BN3O/c1-13-8-9-15-16-10-21(23(7)11-17(16)25-18(15)22-13)24-14(2)19(3,4)12-20(24,5)6/h8-11,14H,12H2,1-7H3. The van der Waals surface area contributed by atoms with Crippen molar-refractivity contribution in [3.05, 3.63) is 28.5 Å². The third-order valence-corrected chi connectivity index (χ3v) is 6.24. The van der Waals surface area contributed by atoms with Gasteiger partial charge < -0.3 is 14.0 Å². The average molecular weight is 337 g/mol. The van der Waals surface area contributed by atoms with Gasteiger partial charge >= 0.3 is 6.98 Å². The van der Waals surface area contributed by atoms with Crippen molar-refractivity contribution in [1.82, 2.24) is 14.6 Å². The lowest BCUT2D eigenvalue weighted by atomic mass is 9.67. The van der Waals surface area contributed by atoms with Crippen molar-refractivity contribution < 1.29 is 4.42 Å². The van der Waals surface area contributed by atoms with E-state index in [2.05, 4.69) is 80.6 Å². The Bertz CT molecular complexity index is 959. The summed E-state index contributed by atoms with van der Waals surface area (Å²) < 4.78 is 6.01. The Morgan fingerprint density at radius 1 is 1.24 bits per heavy atom. The van der Waals surface area contributed by atoms with Crippen LogP contribution in [0.2, 0.25) is 0 Å². The van der Waals surface area contributed by atoms with Crippen LogP contribution < -0.4 is 10.6 Å². The van der Waals surface area contributed by atoms with Gasteiger partial charge in [-0.1, -0.05) is 19.8 Å². The van der Waals surface area contributed by atoms with E-state index < -0.39 is 0 Å². The zero-order valence-corrected chi connectivity index (χ0v) is 16.4. The highest BCUT2D eigenvalue weighted by Crippen LogP contribution is 2.46. The first-order valence-corrected chi connectivity index (χ1v) is 9.20. The van der Waals surface area contributed by atoms with Crippen LogP contribution in [0.3, 0.4) is 0 Å². The number of nitrogens with zero attached hydrogens (tertiary/aromatic N) is 3. The van der Waals surface area contributed by atoms with E-state index >= 15 is 0 Å². The number of hydrogen-bond acceptors (Lipinski definition) is 4. The molecule has 1 saturated heterocycles. The predicted molar refractivity (Wildman–Crippen MR) is 104 cm³/mol. The van der Waals surface area contributed by atoms with Crippen molar-refractivity contribution in [3.63, 3.8) is 0 Å². The van der Waals surface area contributed by atoms with Gasteiger partial charge in [0.25, 0.3) is 0 Å². The SMILES string of the molecule is Cc1ccc2c3c(oc2n1)=CN(C)B(N1C(C)C(C)(C)CC1(C)C)C=3. The highest BCUT2D eigenvalue weighted by atomic mass is 16.3. The van der Waals surface area contributed by atoms with Crippen LogP contribution in [0, 0.1) is 12.3 Å². The van der Waals surface area contributed by atoms with Crippen molar-refractivity contribution >= 4 is 30.3 Å². The van der Waals surface area contributed by atoms with Crippen LogP contribution in [0.4, 0.5) is 0 Å². The first-order chi connectivity index (χ1) is 11.6. The van der Waals surface area contributed by atoms with E-state index in [-0.39, 0.29) is 12.5 Å². The highest BCUT2D eigenvalue weighted by Gasteiger charge is 2.52. The van der Waals surface area contributed by atoms with Gasteiger partial charge in [0, 0.05) is 34.1 Å². The molecule has 25 heavy (non-hydrogen) atoms. The van der Waals surface area contributed by atoms with Crippen LogP contribution in [0.1, 0.15) is 46.7 Å². The molecule has 2 aliphatic rings. The number of aryl methyl sites for hydroxylation is 1. The molecule has 2 aliphatic heterocycles. The topological polar surface area (TPSA) is 32.5 Å². The van der Waals surface area contributed by atoms with Crippen LogP contribution in [0.5, 0.6) is 0 Å².